The lowest BCUT2D eigenvalue weighted by Crippen LogP contribution is -2.42. The molecule has 2 aromatic heterocycles. The van der Waals surface area contributed by atoms with E-state index in [0.29, 0.717) is 29.0 Å². The predicted molar refractivity (Wildman–Crippen MR) is 112 cm³/mol. The standard InChI is InChI=1S/C22H23ClN4O3/c1-13-24-21(27-30-13)22(2,3)26-20(28)18-8-7-17(15-9-10-29-12-15)19(25-18)14-5-4-6-16(23)11-14/h4-8,11,15H,9-10,12H2,1-3H3,(H,26,28). The Morgan fingerprint density at radius 2 is 2.07 bits per heavy atom. The van der Waals surface area contributed by atoms with Gasteiger partial charge in [-0.1, -0.05) is 35.0 Å². The number of amides is 1. The van der Waals surface area contributed by atoms with E-state index in [1.165, 1.54) is 0 Å². The molecule has 3 aromatic rings. The van der Waals surface area contributed by atoms with E-state index in [2.05, 4.69) is 15.5 Å². The van der Waals surface area contributed by atoms with Gasteiger partial charge >= 0.3 is 0 Å². The lowest BCUT2D eigenvalue weighted by molar-refractivity contribution is 0.0902. The number of halogens is 1. The maximum atomic E-state index is 13.0. The smallest absolute Gasteiger partial charge is 0.270 e. The number of pyridine rings is 1. The summed E-state index contributed by atoms with van der Waals surface area (Å²) in [6.45, 7) is 6.71. The number of aryl methyl sites for hydroxylation is 1. The van der Waals surface area contributed by atoms with Crippen molar-refractivity contribution < 1.29 is 14.1 Å². The molecule has 1 aromatic carbocycles. The van der Waals surface area contributed by atoms with E-state index in [9.17, 15) is 4.79 Å². The van der Waals surface area contributed by atoms with Gasteiger partial charge in [0.05, 0.1) is 17.8 Å². The summed E-state index contributed by atoms with van der Waals surface area (Å²) in [5, 5.41) is 7.49. The maximum Gasteiger partial charge on any atom is 0.270 e. The molecule has 1 amide bonds. The van der Waals surface area contributed by atoms with Crippen molar-refractivity contribution in [1.82, 2.24) is 20.4 Å². The summed E-state index contributed by atoms with van der Waals surface area (Å²) in [4.78, 5) is 22.0. The van der Waals surface area contributed by atoms with Crippen LogP contribution in [0.15, 0.2) is 40.9 Å². The molecule has 0 aliphatic carbocycles. The summed E-state index contributed by atoms with van der Waals surface area (Å²) in [6, 6.07) is 11.2. The summed E-state index contributed by atoms with van der Waals surface area (Å²) >= 11 is 6.21. The fraction of sp³-hybridized carbons (Fsp3) is 0.364. The monoisotopic (exact) mass is 426 g/mol. The van der Waals surface area contributed by atoms with Crippen LogP contribution < -0.4 is 5.32 Å². The number of nitrogens with zero attached hydrogens (tertiary/aromatic N) is 3. The largest absolute Gasteiger partial charge is 0.381 e. The molecular formula is C22H23ClN4O3. The molecule has 8 heteroatoms. The summed E-state index contributed by atoms with van der Waals surface area (Å²) in [5.41, 5.74) is 2.16. The van der Waals surface area contributed by atoms with Crippen LogP contribution in [0.25, 0.3) is 11.3 Å². The molecule has 1 atom stereocenters. The van der Waals surface area contributed by atoms with Crippen molar-refractivity contribution in [3.8, 4) is 11.3 Å². The minimum Gasteiger partial charge on any atom is -0.381 e. The summed E-state index contributed by atoms with van der Waals surface area (Å²) in [6.07, 6.45) is 0.922. The van der Waals surface area contributed by atoms with E-state index in [1.807, 2.05) is 44.2 Å². The van der Waals surface area contributed by atoms with Crippen molar-refractivity contribution in [2.75, 3.05) is 13.2 Å². The molecule has 1 aliphatic heterocycles. The minimum absolute atomic E-state index is 0.238. The number of nitrogens with one attached hydrogen (secondary N) is 1. The van der Waals surface area contributed by atoms with Gasteiger partial charge in [-0.3, -0.25) is 4.79 Å². The predicted octanol–water partition coefficient (Wildman–Crippen LogP) is 4.26. The van der Waals surface area contributed by atoms with Crippen LogP contribution in [0.2, 0.25) is 5.02 Å². The topological polar surface area (TPSA) is 90.1 Å². The summed E-state index contributed by atoms with van der Waals surface area (Å²) < 4.78 is 10.6. The molecule has 1 aliphatic rings. The van der Waals surface area contributed by atoms with Gasteiger partial charge in [0.1, 0.15) is 5.69 Å². The molecule has 1 saturated heterocycles. The van der Waals surface area contributed by atoms with Gasteiger partial charge in [0.15, 0.2) is 5.82 Å². The molecule has 1 fully saturated rings. The van der Waals surface area contributed by atoms with Crippen molar-refractivity contribution in [1.29, 1.82) is 0 Å². The van der Waals surface area contributed by atoms with Crippen molar-refractivity contribution >= 4 is 17.5 Å². The normalized spacial score (nSPS) is 16.6. The summed E-state index contributed by atoms with van der Waals surface area (Å²) in [7, 11) is 0. The molecule has 7 nitrogen and oxygen atoms in total. The van der Waals surface area contributed by atoms with E-state index in [1.54, 1.807) is 13.0 Å². The molecule has 1 unspecified atom stereocenters. The highest BCUT2D eigenvalue weighted by Gasteiger charge is 2.30. The first kappa shape index (κ1) is 20.5. The maximum absolute atomic E-state index is 13.0. The zero-order valence-electron chi connectivity index (χ0n) is 17.1. The Morgan fingerprint density at radius 3 is 2.73 bits per heavy atom. The van der Waals surface area contributed by atoms with Gasteiger partial charge < -0.3 is 14.6 Å². The highest BCUT2D eigenvalue weighted by molar-refractivity contribution is 6.30. The fourth-order valence-corrected chi connectivity index (χ4v) is 3.72. The lowest BCUT2D eigenvalue weighted by atomic mass is 9.93. The molecule has 3 heterocycles. The zero-order chi connectivity index (χ0) is 21.3. The van der Waals surface area contributed by atoms with Crippen LogP contribution in [0.1, 0.15) is 54.0 Å². The average Bonchev–Trinajstić information content (AvgIpc) is 3.39. The molecule has 30 heavy (non-hydrogen) atoms. The second-order valence-electron chi connectivity index (χ2n) is 7.92. The second-order valence-corrected chi connectivity index (χ2v) is 8.36. The number of carbonyl (C=O) groups is 1. The molecule has 0 radical (unpaired) electrons. The van der Waals surface area contributed by atoms with Crippen LogP contribution in [-0.4, -0.2) is 34.2 Å². The highest BCUT2D eigenvalue weighted by Crippen LogP contribution is 2.34. The molecular weight excluding hydrogens is 404 g/mol. The van der Waals surface area contributed by atoms with Crippen LogP contribution >= 0.6 is 11.6 Å². The summed E-state index contributed by atoms with van der Waals surface area (Å²) in [5.74, 6) is 0.766. The molecule has 0 saturated carbocycles. The van der Waals surface area contributed by atoms with E-state index in [0.717, 1.165) is 29.8 Å². The Morgan fingerprint density at radius 1 is 1.23 bits per heavy atom. The number of ether oxygens (including phenoxy) is 1. The third-order valence-electron chi connectivity index (χ3n) is 5.14. The second kappa shape index (κ2) is 8.16. The quantitative estimate of drug-likeness (QED) is 0.655. The number of benzene rings is 1. The molecule has 0 bridgehead atoms. The zero-order valence-corrected chi connectivity index (χ0v) is 17.9. The van der Waals surface area contributed by atoms with Gasteiger partial charge in [0, 0.05) is 30.0 Å². The van der Waals surface area contributed by atoms with E-state index in [4.69, 9.17) is 25.8 Å². The first-order valence-corrected chi connectivity index (χ1v) is 10.2. The van der Waals surface area contributed by atoms with Crippen LogP contribution in [0.3, 0.4) is 0 Å². The van der Waals surface area contributed by atoms with Gasteiger partial charge in [-0.2, -0.15) is 4.98 Å². The van der Waals surface area contributed by atoms with Crippen LogP contribution in [0.5, 0.6) is 0 Å². The SMILES string of the molecule is Cc1nc(C(C)(C)NC(=O)c2ccc(C3CCOC3)c(-c3cccc(Cl)c3)n2)no1. The Hall–Kier alpha value is -2.77. The van der Waals surface area contributed by atoms with Crippen molar-refractivity contribution in [2.24, 2.45) is 0 Å². The average molecular weight is 427 g/mol. The third-order valence-corrected chi connectivity index (χ3v) is 5.37. The number of aromatic nitrogens is 3. The Bertz CT molecular complexity index is 1070. The highest BCUT2D eigenvalue weighted by atomic mass is 35.5. The van der Waals surface area contributed by atoms with Gasteiger partial charge in [-0.05, 0) is 44.0 Å². The Labute approximate surface area is 179 Å². The van der Waals surface area contributed by atoms with Crippen molar-refractivity contribution in [3.05, 3.63) is 64.4 Å². The number of carbonyl (C=O) groups excluding carboxylic acids is 1. The van der Waals surface area contributed by atoms with Crippen LogP contribution in [0, 0.1) is 6.92 Å². The van der Waals surface area contributed by atoms with E-state index < -0.39 is 5.54 Å². The molecule has 4 rings (SSSR count). The first-order chi connectivity index (χ1) is 14.3. The van der Waals surface area contributed by atoms with Crippen molar-refractivity contribution in [2.45, 2.75) is 38.6 Å². The molecule has 1 N–H and O–H groups in total. The first-order valence-electron chi connectivity index (χ1n) is 9.81. The van der Waals surface area contributed by atoms with Gasteiger partial charge in [0.2, 0.25) is 5.89 Å². The van der Waals surface area contributed by atoms with Gasteiger partial charge in [-0.25, -0.2) is 4.98 Å². The molecule has 0 spiro atoms. The number of hydrogen-bond acceptors (Lipinski definition) is 6. The van der Waals surface area contributed by atoms with E-state index >= 15 is 0 Å². The minimum atomic E-state index is -0.815. The van der Waals surface area contributed by atoms with Gasteiger partial charge in [0.25, 0.3) is 5.91 Å². The van der Waals surface area contributed by atoms with Crippen LogP contribution in [0.4, 0.5) is 0 Å². The third kappa shape index (κ3) is 4.22. The Balaban J connectivity index is 1.68. The number of hydrogen-bond donors (Lipinski definition) is 1. The fourth-order valence-electron chi connectivity index (χ4n) is 3.53. The molecule has 156 valence electrons. The lowest BCUT2D eigenvalue weighted by Gasteiger charge is -2.22. The van der Waals surface area contributed by atoms with E-state index in [-0.39, 0.29) is 11.8 Å². The Kier molecular flexibility index (Phi) is 5.58. The van der Waals surface area contributed by atoms with Crippen molar-refractivity contribution in [3.63, 3.8) is 0 Å². The van der Waals surface area contributed by atoms with Gasteiger partial charge in [-0.15, -0.1) is 0 Å². The van der Waals surface area contributed by atoms with Crippen LogP contribution in [-0.2, 0) is 10.3 Å². The number of rotatable bonds is 5.